The van der Waals surface area contributed by atoms with E-state index < -0.39 is 0 Å². The Morgan fingerprint density at radius 3 is 2.95 bits per heavy atom. The van der Waals surface area contributed by atoms with Gasteiger partial charge in [0.2, 0.25) is 0 Å². The normalized spacial score (nSPS) is 18.4. The fourth-order valence-electron chi connectivity index (χ4n) is 2.64. The van der Waals surface area contributed by atoms with Crippen molar-refractivity contribution >= 4 is 11.6 Å². The summed E-state index contributed by atoms with van der Waals surface area (Å²) < 4.78 is 19.4. The first-order valence-corrected chi connectivity index (χ1v) is 6.94. The summed E-state index contributed by atoms with van der Waals surface area (Å²) in [5, 5.41) is 0.525. The zero-order valence-corrected chi connectivity index (χ0v) is 11.6. The number of hydrogen-bond donors (Lipinski definition) is 1. The highest BCUT2D eigenvalue weighted by Gasteiger charge is 2.29. The van der Waals surface area contributed by atoms with Crippen LogP contribution in [0.4, 0.5) is 4.39 Å². The smallest absolute Gasteiger partial charge is 0.126 e. The highest BCUT2D eigenvalue weighted by Crippen LogP contribution is 2.36. The summed E-state index contributed by atoms with van der Waals surface area (Å²) in [6.45, 7) is 0.544. The number of fused-ring (bicyclic) bond motifs is 1. The van der Waals surface area contributed by atoms with Gasteiger partial charge in [0.1, 0.15) is 11.6 Å². The molecule has 1 heterocycles. The van der Waals surface area contributed by atoms with Crippen LogP contribution in [0.1, 0.15) is 17.0 Å². The Bertz CT molecular complexity index is 632. The number of hydrogen-bond acceptors (Lipinski definition) is 2. The Balaban J connectivity index is 1.81. The van der Waals surface area contributed by atoms with E-state index in [1.54, 1.807) is 12.1 Å². The third kappa shape index (κ3) is 2.51. The molecular weight excluding hydrogens is 277 g/mol. The third-order valence-corrected chi connectivity index (χ3v) is 3.95. The van der Waals surface area contributed by atoms with Crippen molar-refractivity contribution in [3.8, 4) is 5.75 Å². The standard InChI is InChI=1S/C16H15ClFNO/c17-11-5-6-14(18)10(7-11)8-15(19)13-9-20-16-4-2-1-3-12(13)16/h1-7,13,15H,8-9,19H2. The van der Waals surface area contributed by atoms with Crippen molar-refractivity contribution in [1.82, 2.24) is 0 Å². The fraction of sp³-hybridized carbons (Fsp3) is 0.250. The topological polar surface area (TPSA) is 35.2 Å². The van der Waals surface area contributed by atoms with Crippen molar-refractivity contribution < 1.29 is 9.13 Å². The van der Waals surface area contributed by atoms with Crippen LogP contribution in [0.25, 0.3) is 0 Å². The van der Waals surface area contributed by atoms with Crippen LogP contribution in [0.2, 0.25) is 5.02 Å². The lowest BCUT2D eigenvalue weighted by Gasteiger charge is -2.18. The molecule has 104 valence electrons. The van der Waals surface area contributed by atoms with Gasteiger partial charge in [0.05, 0.1) is 6.61 Å². The van der Waals surface area contributed by atoms with E-state index in [2.05, 4.69) is 0 Å². The maximum atomic E-state index is 13.8. The Kier molecular flexibility index (Phi) is 3.64. The second-order valence-corrected chi connectivity index (χ2v) is 5.50. The Morgan fingerprint density at radius 1 is 1.30 bits per heavy atom. The van der Waals surface area contributed by atoms with Crippen molar-refractivity contribution in [1.29, 1.82) is 0 Å². The molecule has 20 heavy (non-hydrogen) atoms. The molecule has 2 aromatic carbocycles. The minimum absolute atomic E-state index is 0.0876. The summed E-state index contributed by atoms with van der Waals surface area (Å²) in [5.74, 6) is 0.696. The molecule has 0 saturated heterocycles. The molecule has 0 radical (unpaired) electrons. The van der Waals surface area contributed by atoms with Crippen molar-refractivity contribution in [2.75, 3.05) is 6.61 Å². The molecule has 1 aliphatic rings. The van der Waals surface area contributed by atoms with Gasteiger partial charge >= 0.3 is 0 Å². The lowest BCUT2D eigenvalue weighted by atomic mass is 9.89. The molecule has 2 N–H and O–H groups in total. The molecule has 0 spiro atoms. The zero-order valence-electron chi connectivity index (χ0n) is 10.9. The van der Waals surface area contributed by atoms with Crippen molar-refractivity contribution in [3.63, 3.8) is 0 Å². The van der Waals surface area contributed by atoms with Crippen LogP contribution < -0.4 is 10.5 Å². The first-order valence-electron chi connectivity index (χ1n) is 6.56. The SMILES string of the molecule is NC(Cc1cc(Cl)ccc1F)C1COc2ccccc21. The van der Waals surface area contributed by atoms with Crippen LogP contribution in [-0.4, -0.2) is 12.6 Å². The molecule has 0 fully saturated rings. The molecule has 4 heteroatoms. The Hall–Kier alpha value is -1.58. The maximum Gasteiger partial charge on any atom is 0.126 e. The molecule has 3 rings (SSSR count). The fourth-order valence-corrected chi connectivity index (χ4v) is 2.83. The van der Waals surface area contributed by atoms with Gasteiger partial charge in [-0.3, -0.25) is 0 Å². The molecule has 0 aliphatic carbocycles. The molecule has 2 nitrogen and oxygen atoms in total. The van der Waals surface area contributed by atoms with E-state index in [9.17, 15) is 4.39 Å². The molecule has 0 saturated carbocycles. The predicted molar refractivity (Wildman–Crippen MR) is 77.8 cm³/mol. The summed E-state index contributed by atoms with van der Waals surface area (Å²) >= 11 is 5.91. The average molecular weight is 292 g/mol. The lowest BCUT2D eigenvalue weighted by molar-refractivity contribution is 0.313. The van der Waals surface area contributed by atoms with Gasteiger partial charge in [-0.05, 0) is 36.2 Å². The van der Waals surface area contributed by atoms with Gasteiger partial charge in [-0.15, -0.1) is 0 Å². The summed E-state index contributed by atoms with van der Waals surface area (Å²) in [7, 11) is 0. The van der Waals surface area contributed by atoms with Crippen LogP contribution in [0, 0.1) is 5.82 Å². The molecule has 0 bridgehead atoms. The molecule has 1 aliphatic heterocycles. The first-order chi connectivity index (χ1) is 9.65. The first kappa shape index (κ1) is 13.4. The summed E-state index contributed by atoms with van der Waals surface area (Å²) in [6, 6.07) is 12.2. The van der Waals surface area contributed by atoms with E-state index in [-0.39, 0.29) is 17.8 Å². The van der Waals surface area contributed by atoms with Crippen LogP contribution in [0.3, 0.4) is 0 Å². The minimum Gasteiger partial charge on any atom is -0.493 e. The number of nitrogens with two attached hydrogens (primary N) is 1. The number of benzene rings is 2. The molecule has 0 amide bonds. The Labute approximate surface area is 122 Å². The van der Waals surface area contributed by atoms with Gasteiger partial charge < -0.3 is 10.5 Å². The highest BCUT2D eigenvalue weighted by atomic mass is 35.5. The molecule has 2 unspecified atom stereocenters. The summed E-state index contributed by atoms with van der Waals surface area (Å²) in [6.07, 6.45) is 0.439. The van der Waals surface area contributed by atoms with E-state index in [0.29, 0.717) is 23.6 Å². The van der Waals surface area contributed by atoms with E-state index >= 15 is 0 Å². The van der Waals surface area contributed by atoms with Crippen molar-refractivity contribution in [3.05, 3.63) is 64.4 Å². The van der Waals surface area contributed by atoms with Gasteiger partial charge in [0, 0.05) is 22.5 Å². The molecule has 0 aromatic heterocycles. The molecule has 2 aromatic rings. The summed E-state index contributed by atoms with van der Waals surface area (Å²) in [5.41, 5.74) is 7.90. The Morgan fingerprint density at radius 2 is 2.10 bits per heavy atom. The van der Waals surface area contributed by atoms with E-state index in [1.165, 1.54) is 6.07 Å². The van der Waals surface area contributed by atoms with Gasteiger partial charge in [-0.1, -0.05) is 29.8 Å². The second-order valence-electron chi connectivity index (χ2n) is 5.06. The minimum atomic E-state index is -0.267. The number of rotatable bonds is 3. The lowest BCUT2D eigenvalue weighted by Crippen LogP contribution is -2.32. The van der Waals surface area contributed by atoms with E-state index in [0.717, 1.165) is 11.3 Å². The quantitative estimate of drug-likeness (QED) is 0.939. The van der Waals surface area contributed by atoms with Crippen LogP contribution >= 0.6 is 11.6 Å². The van der Waals surface area contributed by atoms with E-state index in [1.807, 2.05) is 24.3 Å². The number of halogens is 2. The monoisotopic (exact) mass is 291 g/mol. The predicted octanol–water partition coefficient (Wildman–Crippen LogP) is 3.53. The number of para-hydroxylation sites is 1. The zero-order chi connectivity index (χ0) is 14.1. The van der Waals surface area contributed by atoms with Crippen LogP contribution in [0.5, 0.6) is 5.75 Å². The third-order valence-electron chi connectivity index (χ3n) is 3.72. The van der Waals surface area contributed by atoms with Gasteiger partial charge in [0.25, 0.3) is 0 Å². The number of ether oxygens (including phenoxy) is 1. The maximum absolute atomic E-state index is 13.8. The van der Waals surface area contributed by atoms with Gasteiger partial charge in [-0.25, -0.2) is 4.39 Å². The molecule has 2 atom stereocenters. The highest BCUT2D eigenvalue weighted by molar-refractivity contribution is 6.30. The van der Waals surface area contributed by atoms with Crippen LogP contribution in [-0.2, 0) is 6.42 Å². The van der Waals surface area contributed by atoms with Crippen molar-refractivity contribution in [2.45, 2.75) is 18.4 Å². The average Bonchev–Trinajstić information content (AvgIpc) is 2.87. The van der Waals surface area contributed by atoms with E-state index in [4.69, 9.17) is 22.1 Å². The van der Waals surface area contributed by atoms with Crippen molar-refractivity contribution in [2.24, 2.45) is 5.73 Å². The van der Waals surface area contributed by atoms with Gasteiger partial charge in [0.15, 0.2) is 0 Å². The van der Waals surface area contributed by atoms with Crippen LogP contribution in [0.15, 0.2) is 42.5 Å². The van der Waals surface area contributed by atoms with Gasteiger partial charge in [-0.2, -0.15) is 0 Å². The largest absolute Gasteiger partial charge is 0.493 e. The summed E-state index contributed by atoms with van der Waals surface area (Å²) in [4.78, 5) is 0. The second kappa shape index (κ2) is 5.43. The molecular formula is C16H15ClFNO.